The number of hydrogen-bond acceptors (Lipinski definition) is 9. The van der Waals surface area contributed by atoms with E-state index in [0.717, 1.165) is 0 Å². The fourth-order valence-electron chi connectivity index (χ4n) is 5.16. The van der Waals surface area contributed by atoms with Crippen LogP contribution in [0.25, 0.3) is 10.8 Å². The molecule has 1 aliphatic heterocycles. The number of benzene rings is 2. The van der Waals surface area contributed by atoms with E-state index in [1.54, 1.807) is 46.2 Å². The molecule has 47 heavy (non-hydrogen) atoms. The van der Waals surface area contributed by atoms with Gasteiger partial charge in [0.2, 0.25) is 5.91 Å². The van der Waals surface area contributed by atoms with E-state index in [2.05, 4.69) is 25.8 Å². The molecule has 4 aromatic rings. The molecule has 0 radical (unpaired) electrons. The SMILES string of the molecule is Nc1cccnc1C(=O)NCCOCCNCC(=O)N1CCN(C(=O)c2cc(Cc3n[nH]c(=O)c4ccccc34)ccc2F)CC1.S. The van der Waals surface area contributed by atoms with Crippen molar-refractivity contribution in [3.05, 3.63) is 99.5 Å². The van der Waals surface area contributed by atoms with E-state index < -0.39 is 11.7 Å². The van der Waals surface area contributed by atoms with E-state index in [1.165, 1.54) is 18.3 Å². The molecular formula is C32H37FN8O5S. The maximum absolute atomic E-state index is 14.8. The number of piperazine rings is 1. The first-order chi connectivity index (χ1) is 22.3. The van der Waals surface area contributed by atoms with Crippen molar-refractivity contribution in [2.24, 2.45) is 0 Å². The van der Waals surface area contributed by atoms with Crippen molar-refractivity contribution < 1.29 is 23.5 Å². The van der Waals surface area contributed by atoms with E-state index in [9.17, 15) is 23.6 Å². The minimum atomic E-state index is -0.627. The quantitative estimate of drug-likeness (QED) is 0.162. The Bertz CT molecular complexity index is 1780. The first-order valence-electron chi connectivity index (χ1n) is 14.9. The van der Waals surface area contributed by atoms with Gasteiger partial charge in [-0.2, -0.15) is 18.6 Å². The van der Waals surface area contributed by atoms with Crippen LogP contribution in [0.5, 0.6) is 0 Å². The first kappa shape index (κ1) is 35.0. The van der Waals surface area contributed by atoms with Gasteiger partial charge < -0.3 is 30.9 Å². The van der Waals surface area contributed by atoms with Gasteiger partial charge >= 0.3 is 0 Å². The molecule has 248 valence electrons. The van der Waals surface area contributed by atoms with Gasteiger partial charge in [-0.05, 0) is 35.9 Å². The normalized spacial score (nSPS) is 12.9. The number of anilines is 1. The number of H-pyrrole nitrogens is 1. The monoisotopic (exact) mass is 664 g/mol. The second-order valence-electron chi connectivity index (χ2n) is 10.7. The number of amides is 3. The summed E-state index contributed by atoms with van der Waals surface area (Å²) in [5, 5.41) is 13.6. The third-order valence-corrected chi connectivity index (χ3v) is 7.61. The Hall–Kier alpha value is -4.86. The first-order valence-corrected chi connectivity index (χ1v) is 14.9. The largest absolute Gasteiger partial charge is 0.397 e. The van der Waals surface area contributed by atoms with Gasteiger partial charge in [0.1, 0.15) is 5.82 Å². The Balaban J connectivity index is 0.00000500. The van der Waals surface area contributed by atoms with Gasteiger partial charge in [0, 0.05) is 57.3 Å². The minimum absolute atomic E-state index is 0. The highest BCUT2D eigenvalue weighted by Gasteiger charge is 2.26. The van der Waals surface area contributed by atoms with Crippen molar-refractivity contribution in [1.82, 2.24) is 35.6 Å². The summed E-state index contributed by atoms with van der Waals surface area (Å²) >= 11 is 0. The number of carbonyl (C=O) groups is 3. The van der Waals surface area contributed by atoms with Crippen molar-refractivity contribution in [1.29, 1.82) is 0 Å². The standard InChI is InChI=1S/C32H35FN8O5.H2S/c33-25-8-7-21(19-27-22-4-1-2-5-23(22)30(43)39-38-27)18-24(25)32(45)41-14-12-40(13-15-41)28(42)20-35-10-16-46-17-11-37-31(44)29-26(34)6-3-9-36-29;/h1-9,18,35H,10-17,19-20,34H2,(H,37,44)(H,39,43);1H2. The summed E-state index contributed by atoms with van der Waals surface area (Å²) in [4.78, 5) is 57.3. The lowest BCUT2D eigenvalue weighted by atomic mass is 10.0. The smallest absolute Gasteiger partial charge is 0.272 e. The molecule has 0 bridgehead atoms. The molecule has 1 saturated heterocycles. The fraction of sp³-hybridized carbons (Fsp3) is 0.312. The molecule has 5 N–H and O–H groups in total. The summed E-state index contributed by atoms with van der Waals surface area (Å²) in [6.07, 6.45) is 1.80. The van der Waals surface area contributed by atoms with E-state index >= 15 is 0 Å². The van der Waals surface area contributed by atoms with Gasteiger partial charge in [0.05, 0.1) is 42.1 Å². The zero-order chi connectivity index (χ0) is 32.5. The molecule has 2 aromatic carbocycles. The molecule has 0 aliphatic carbocycles. The van der Waals surface area contributed by atoms with Gasteiger partial charge in [-0.15, -0.1) is 0 Å². The summed E-state index contributed by atoms with van der Waals surface area (Å²) in [6.45, 7) is 2.68. The van der Waals surface area contributed by atoms with E-state index in [1.807, 2.05) is 6.07 Å². The zero-order valence-electron chi connectivity index (χ0n) is 25.6. The average Bonchev–Trinajstić information content (AvgIpc) is 3.08. The van der Waals surface area contributed by atoms with Gasteiger partial charge in [-0.3, -0.25) is 19.2 Å². The van der Waals surface area contributed by atoms with Crippen LogP contribution in [0.2, 0.25) is 0 Å². The highest BCUT2D eigenvalue weighted by molar-refractivity contribution is 7.59. The van der Waals surface area contributed by atoms with Crippen LogP contribution in [-0.4, -0.2) is 102 Å². The van der Waals surface area contributed by atoms with Crippen molar-refractivity contribution in [2.45, 2.75) is 6.42 Å². The molecule has 1 fully saturated rings. The number of carbonyl (C=O) groups excluding carboxylic acids is 3. The maximum Gasteiger partial charge on any atom is 0.272 e. The molecule has 15 heteroatoms. The number of aromatic amines is 1. The van der Waals surface area contributed by atoms with Gasteiger partial charge in [-0.1, -0.05) is 24.3 Å². The molecule has 0 unspecified atom stereocenters. The number of nitrogen functional groups attached to an aromatic ring is 1. The molecule has 3 amide bonds. The summed E-state index contributed by atoms with van der Waals surface area (Å²) in [7, 11) is 0. The molecule has 1 aliphatic rings. The molecule has 2 aromatic heterocycles. The van der Waals surface area contributed by atoms with E-state index in [-0.39, 0.29) is 74.9 Å². The lowest BCUT2D eigenvalue weighted by Crippen LogP contribution is -2.52. The fourth-order valence-corrected chi connectivity index (χ4v) is 5.16. The molecular weight excluding hydrogens is 627 g/mol. The van der Waals surface area contributed by atoms with Crippen molar-refractivity contribution in [3.63, 3.8) is 0 Å². The Morgan fingerprint density at radius 1 is 0.957 bits per heavy atom. The molecule has 3 heterocycles. The van der Waals surface area contributed by atoms with Gasteiger partial charge in [-0.25, -0.2) is 14.5 Å². The number of hydrogen-bond donors (Lipinski definition) is 4. The summed E-state index contributed by atoms with van der Waals surface area (Å²) in [6, 6.07) is 14.7. The second kappa shape index (κ2) is 16.6. The number of nitrogens with one attached hydrogen (secondary N) is 3. The Morgan fingerprint density at radius 3 is 2.45 bits per heavy atom. The van der Waals surface area contributed by atoms with Gasteiger partial charge in [0.25, 0.3) is 17.4 Å². The van der Waals surface area contributed by atoms with E-state index in [4.69, 9.17) is 10.5 Å². The Morgan fingerprint density at radius 2 is 1.68 bits per heavy atom. The average molecular weight is 665 g/mol. The van der Waals surface area contributed by atoms with Crippen LogP contribution in [0.4, 0.5) is 10.1 Å². The lowest BCUT2D eigenvalue weighted by molar-refractivity contribution is -0.131. The summed E-state index contributed by atoms with van der Waals surface area (Å²) in [5.41, 5.74) is 7.16. The molecule has 5 rings (SSSR count). The molecule has 0 saturated carbocycles. The van der Waals surface area contributed by atoms with Crippen LogP contribution in [-0.2, 0) is 16.0 Å². The predicted octanol–water partition coefficient (Wildman–Crippen LogP) is 1.06. The van der Waals surface area contributed by atoms with Crippen molar-refractivity contribution >= 4 is 47.7 Å². The number of fused-ring (bicyclic) bond motifs is 1. The minimum Gasteiger partial charge on any atom is -0.397 e. The highest BCUT2D eigenvalue weighted by atomic mass is 32.1. The van der Waals surface area contributed by atoms with Crippen LogP contribution >= 0.6 is 13.5 Å². The molecule has 13 nitrogen and oxygen atoms in total. The Labute approximate surface area is 277 Å². The predicted molar refractivity (Wildman–Crippen MR) is 179 cm³/mol. The lowest BCUT2D eigenvalue weighted by Gasteiger charge is -2.35. The van der Waals surface area contributed by atoms with Crippen molar-refractivity contribution in [3.8, 4) is 0 Å². The van der Waals surface area contributed by atoms with Crippen LogP contribution in [0.1, 0.15) is 32.1 Å². The summed E-state index contributed by atoms with van der Waals surface area (Å²) in [5.74, 6) is -1.56. The maximum atomic E-state index is 14.8. The topological polar surface area (TPSA) is 176 Å². The van der Waals surface area contributed by atoms with Crippen molar-refractivity contribution in [2.75, 3.05) is 64.8 Å². The zero-order valence-corrected chi connectivity index (χ0v) is 26.6. The number of pyridine rings is 1. The number of halogens is 1. The molecule has 0 atom stereocenters. The number of rotatable bonds is 12. The molecule has 0 spiro atoms. The number of ether oxygens (including phenoxy) is 1. The third kappa shape index (κ3) is 8.90. The summed E-state index contributed by atoms with van der Waals surface area (Å²) < 4.78 is 20.3. The van der Waals surface area contributed by atoms with Gasteiger partial charge in [0.15, 0.2) is 5.69 Å². The Kier molecular flexibility index (Phi) is 12.4. The number of nitrogens with zero attached hydrogens (tertiary/aromatic N) is 4. The van der Waals surface area contributed by atoms with Crippen LogP contribution < -0.4 is 21.9 Å². The third-order valence-electron chi connectivity index (χ3n) is 7.61. The van der Waals surface area contributed by atoms with Crippen LogP contribution in [0.15, 0.2) is 65.6 Å². The highest BCUT2D eigenvalue weighted by Crippen LogP contribution is 2.20. The number of aromatic nitrogens is 3. The second-order valence-corrected chi connectivity index (χ2v) is 10.7. The van der Waals surface area contributed by atoms with Crippen LogP contribution in [0, 0.1) is 5.82 Å². The number of nitrogens with two attached hydrogens (primary N) is 1. The van der Waals surface area contributed by atoms with Crippen LogP contribution in [0.3, 0.4) is 0 Å². The van der Waals surface area contributed by atoms with E-state index in [0.29, 0.717) is 60.4 Å².